The summed E-state index contributed by atoms with van der Waals surface area (Å²) in [4.78, 5) is 8.19. The summed E-state index contributed by atoms with van der Waals surface area (Å²) in [6.45, 7) is 3.95. The molecule has 0 bridgehead atoms. The van der Waals surface area contributed by atoms with E-state index in [9.17, 15) is 0 Å². The Kier molecular flexibility index (Phi) is 3.40. The topological polar surface area (TPSA) is 57.5 Å². The summed E-state index contributed by atoms with van der Waals surface area (Å²) in [5.41, 5.74) is 3.84. The second-order valence-corrected chi connectivity index (χ2v) is 2.68. The molecule has 1 aromatic heterocycles. The average Bonchev–Trinajstić information content (AvgIpc) is 2.15. The van der Waals surface area contributed by atoms with Gasteiger partial charge in [-0.25, -0.2) is 9.98 Å². The minimum Gasteiger partial charge on any atom is -0.290 e. The molecule has 1 heterocycles. The van der Waals surface area contributed by atoms with Crippen LogP contribution < -0.4 is 5.48 Å². The molecule has 0 saturated heterocycles. The van der Waals surface area contributed by atoms with Crippen LogP contribution in [0.25, 0.3) is 0 Å². The Morgan fingerprint density at radius 3 is 3.00 bits per heavy atom. The Hall–Kier alpha value is -1.42. The van der Waals surface area contributed by atoms with Crippen molar-refractivity contribution in [3.63, 3.8) is 0 Å². The van der Waals surface area contributed by atoms with Gasteiger partial charge in [0, 0.05) is 5.69 Å². The summed E-state index contributed by atoms with van der Waals surface area (Å²) in [6.07, 6.45) is 2.09. The van der Waals surface area contributed by atoms with E-state index in [0.717, 1.165) is 17.7 Å². The fourth-order valence-electron chi connectivity index (χ4n) is 1.05. The molecule has 2 N–H and O–H groups in total. The molecular weight excluding hydrogens is 166 g/mol. The van der Waals surface area contributed by atoms with Crippen LogP contribution >= 0.6 is 0 Å². The molecule has 0 aromatic carbocycles. The van der Waals surface area contributed by atoms with Gasteiger partial charge in [-0.15, -0.1) is 0 Å². The SMILES string of the molecule is CCc1ccc(C)nc1/N=C/NO. The number of rotatable bonds is 3. The summed E-state index contributed by atoms with van der Waals surface area (Å²) in [5, 5.41) is 8.33. The smallest absolute Gasteiger partial charge is 0.157 e. The first kappa shape index (κ1) is 9.67. The average molecular weight is 179 g/mol. The van der Waals surface area contributed by atoms with Crippen LogP contribution in [0.4, 0.5) is 5.82 Å². The van der Waals surface area contributed by atoms with E-state index >= 15 is 0 Å². The maximum Gasteiger partial charge on any atom is 0.157 e. The highest BCUT2D eigenvalue weighted by Gasteiger charge is 1.99. The molecule has 0 radical (unpaired) electrons. The van der Waals surface area contributed by atoms with Gasteiger partial charge in [0.15, 0.2) is 5.82 Å². The van der Waals surface area contributed by atoms with Crippen LogP contribution in [0, 0.1) is 6.92 Å². The lowest BCUT2D eigenvalue weighted by Crippen LogP contribution is -2.01. The van der Waals surface area contributed by atoms with Gasteiger partial charge in [-0.05, 0) is 25.0 Å². The zero-order valence-corrected chi connectivity index (χ0v) is 7.78. The first-order valence-electron chi connectivity index (χ1n) is 4.16. The summed E-state index contributed by atoms with van der Waals surface area (Å²) >= 11 is 0. The van der Waals surface area contributed by atoms with E-state index in [1.54, 1.807) is 0 Å². The van der Waals surface area contributed by atoms with Crippen LogP contribution in [0.1, 0.15) is 18.2 Å². The van der Waals surface area contributed by atoms with Crippen molar-refractivity contribution in [1.29, 1.82) is 0 Å². The van der Waals surface area contributed by atoms with Crippen LogP contribution in [0.15, 0.2) is 17.1 Å². The van der Waals surface area contributed by atoms with E-state index in [1.165, 1.54) is 6.34 Å². The monoisotopic (exact) mass is 179 g/mol. The first-order valence-corrected chi connectivity index (χ1v) is 4.16. The zero-order valence-electron chi connectivity index (χ0n) is 7.78. The lowest BCUT2D eigenvalue weighted by molar-refractivity contribution is 0.240. The van der Waals surface area contributed by atoms with E-state index < -0.39 is 0 Å². The molecule has 1 rings (SSSR count). The molecule has 13 heavy (non-hydrogen) atoms. The summed E-state index contributed by atoms with van der Waals surface area (Å²) in [7, 11) is 0. The third-order valence-corrected chi connectivity index (χ3v) is 1.72. The highest BCUT2D eigenvalue weighted by atomic mass is 16.5. The molecule has 4 nitrogen and oxygen atoms in total. The molecule has 0 fully saturated rings. The van der Waals surface area contributed by atoms with Gasteiger partial charge in [0.25, 0.3) is 0 Å². The molecular formula is C9H13N3O. The van der Waals surface area contributed by atoms with Gasteiger partial charge in [0.05, 0.1) is 0 Å². The maximum absolute atomic E-state index is 8.33. The molecule has 70 valence electrons. The molecule has 0 aliphatic carbocycles. The summed E-state index contributed by atoms with van der Waals surface area (Å²) < 4.78 is 0. The highest BCUT2D eigenvalue weighted by Crippen LogP contribution is 2.16. The fourth-order valence-corrected chi connectivity index (χ4v) is 1.05. The molecule has 0 saturated carbocycles. The van der Waals surface area contributed by atoms with E-state index in [2.05, 4.69) is 9.98 Å². The summed E-state index contributed by atoms with van der Waals surface area (Å²) in [5.74, 6) is 0.657. The van der Waals surface area contributed by atoms with Crippen molar-refractivity contribution in [2.75, 3.05) is 0 Å². The Balaban J connectivity index is 3.01. The minimum atomic E-state index is 0.657. The minimum absolute atomic E-state index is 0.657. The Morgan fingerprint density at radius 2 is 2.38 bits per heavy atom. The summed E-state index contributed by atoms with van der Waals surface area (Å²) in [6, 6.07) is 3.94. The van der Waals surface area contributed by atoms with E-state index in [-0.39, 0.29) is 0 Å². The van der Waals surface area contributed by atoms with Crippen LogP contribution in [0.2, 0.25) is 0 Å². The second-order valence-electron chi connectivity index (χ2n) is 2.68. The first-order chi connectivity index (χ1) is 6.27. The van der Waals surface area contributed by atoms with Gasteiger partial charge in [0.1, 0.15) is 6.34 Å². The predicted molar refractivity (Wildman–Crippen MR) is 51.4 cm³/mol. The lowest BCUT2D eigenvalue weighted by atomic mass is 10.2. The Labute approximate surface area is 77.3 Å². The van der Waals surface area contributed by atoms with Crippen LogP contribution in [-0.2, 0) is 6.42 Å². The molecule has 0 aliphatic rings. The molecule has 1 aromatic rings. The van der Waals surface area contributed by atoms with Crippen molar-refractivity contribution in [2.24, 2.45) is 4.99 Å². The number of hydroxylamine groups is 1. The standard InChI is InChI=1S/C9H13N3O/c1-3-8-5-4-7(2)12-9(8)10-6-11-13/h4-6,13H,3H2,1-2H3,(H,10,11,12). The van der Waals surface area contributed by atoms with Crippen LogP contribution in [0.3, 0.4) is 0 Å². The molecule has 0 amide bonds. The predicted octanol–water partition coefficient (Wildman–Crippen LogP) is 1.59. The van der Waals surface area contributed by atoms with Gasteiger partial charge >= 0.3 is 0 Å². The normalized spacial score (nSPS) is 10.7. The van der Waals surface area contributed by atoms with E-state index in [4.69, 9.17) is 5.21 Å². The van der Waals surface area contributed by atoms with Gasteiger partial charge in [-0.3, -0.25) is 10.7 Å². The van der Waals surface area contributed by atoms with Crippen molar-refractivity contribution in [1.82, 2.24) is 10.5 Å². The molecule has 0 spiro atoms. The maximum atomic E-state index is 8.33. The molecule has 4 heteroatoms. The quantitative estimate of drug-likeness (QED) is 0.421. The van der Waals surface area contributed by atoms with Crippen molar-refractivity contribution < 1.29 is 5.21 Å². The largest absolute Gasteiger partial charge is 0.290 e. The number of nitrogens with one attached hydrogen (secondary N) is 1. The van der Waals surface area contributed by atoms with Gasteiger partial charge < -0.3 is 0 Å². The van der Waals surface area contributed by atoms with Crippen molar-refractivity contribution in [3.05, 3.63) is 23.4 Å². The number of aryl methyl sites for hydroxylation is 2. The van der Waals surface area contributed by atoms with Crippen molar-refractivity contribution in [3.8, 4) is 0 Å². The molecule has 0 aliphatic heterocycles. The second kappa shape index (κ2) is 4.57. The number of hydrogen-bond acceptors (Lipinski definition) is 3. The number of pyridine rings is 1. The number of hydrogen-bond donors (Lipinski definition) is 2. The van der Waals surface area contributed by atoms with Gasteiger partial charge in [-0.1, -0.05) is 13.0 Å². The van der Waals surface area contributed by atoms with Crippen LogP contribution in [-0.4, -0.2) is 16.5 Å². The Morgan fingerprint density at radius 1 is 1.62 bits per heavy atom. The van der Waals surface area contributed by atoms with E-state index in [0.29, 0.717) is 5.82 Å². The van der Waals surface area contributed by atoms with Gasteiger partial charge in [0.2, 0.25) is 0 Å². The highest BCUT2D eigenvalue weighted by molar-refractivity contribution is 5.59. The zero-order chi connectivity index (χ0) is 9.68. The molecule has 0 atom stereocenters. The fraction of sp³-hybridized carbons (Fsp3) is 0.333. The lowest BCUT2D eigenvalue weighted by Gasteiger charge is -2.01. The van der Waals surface area contributed by atoms with Crippen molar-refractivity contribution in [2.45, 2.75) is 20.3 Å². The number of nitrogens with zero attached hydrogens (tertiary/aromatic N) is 2. The Bertz CT molecular complexity index is 310. The van der Waals surface area contributed by atoms with Crippen LogP contribution in [0.5, 0.6) is 0 Å². The third-order valence-electron chi connectivity index (χ3n) is 1.72. The van der Waals surface area contributed by atoms with Crippen molar-refractivity contribution >= 4 is 12.2 Å². The van der Waals surface area contributed by atoms with Gasteiger partial charge in [-0.2, -0.15) is 0 Å². The molecule has 0 unspecified atom stereocenters. The third kappa shape index (κ3) is 2.52. The van der Waals surface area contributed by atoms with E-state index in [1.807, 2.05) is 31.5 Å². The number of aromatic nitrogens is 1. The number of aliphatic imine (C=N–C) groups is 1.